The third-order valence-electron chi connectivity index (χ3n) is 4.19. The third kappa shape index (κ3) is 3.69. The zero-order valence-corrected chi connectivity index (χ0v) is 14.8. The fourth-order valence-corrected chi connectivity index (χ4v) is 4.64. The number of hydrogen-bond acceptors (Lipinski definition) is 4. The van der Waals surface area contributed by atoms with Crippen LogP contribution in [0.25, 0.3) is 0 Å². The number of halogens is 1. The van der Waals surface area contributed by atoms with Crippen molar-refractivity contribution in [3.63, 3.8) is 0 Å². The molecule has 21 heavy (non-hydrogen) atoms. The first-order valence-corrected chi connectivity index (χ1v) is 9.70. The van der Waals surface area contributed by atoms with Crippen LogP contribution in [0.4, 0.5) is 0 Å². The number of ether oxygens (including phenoxy) is 2. The first-order chi connectivity index (χ1) is 10.3. The van der Waals surface area contributed by atoms with Crippen LogP contribution >= 0.6 is 27.7 Å². The molecule has 0 spiro atoms. The Morgan fingerprint density at radius 1 is 1.24 bits per heavy atom. The van der Waals surface area contributed by atoms with E-state index in [9.17, 15) is 0 Å². The Bertz CT molecular complexity index is 497. The Morgan fingerprint density at radius 2 is 2.10 bits per heavy atom. The second-order valence-electron chi connectivity index (χ2n) is 5.65. The summed E-state index contributed by atoms with van der Waals surface area (Å²) in [5.41, 5.74) is 1.25. The van der Waals surface area contributed by atoms with Crippen LogP contribution in [-0.4, -0.2) is 30.8 Å². The highest BCUT2D eigenvalue weighted by atomic mass is 79.9. The number of rotatable bonds is 4. The van der Waals surface area contributed by atoms with E-state index in [0.29, 0.717) is 6.04 Å². The van der Waals surface area contributed by atoms with Crippen LogP contribution in [0.3, 0.4) is 0 Å². The van der Waals surface area contributed by atoms with Gasteiger partial charge in [0.25, 0.3) is 0 Å². The Morgan fingerprint density at radius 3 is 2.95 bits per heavy atom. The van der Waals surface area contributed by atoms with Gasteiger partial charge in [-0.05, 0) is 52.7 Å². The molecule has 3 rings (SSSR count). The minimum absolute atomic E-state index is 0.634. The SMILES string of the molecule is CSC1CCCC1NCc1cc(Br)c2c(c1)OCCCO2. The summed E-state index contributed by atoms with van der Waals surface area (Å²) in [4.78, 5) is 0. The molecule has 2 unspecified atom stereocenters. The van der Waals surface area contributed by atoms with E-state index in [2.05, 4.69) is 39.6 Å². The molecule has 1 N–H and O–H groups in total. The second-order valence-corrected chi connectivity index (χ2v) is 7.58. The summed E-state index contributed by atoms with van der Waals surface area (Å²) >= 11 is 5.60. The van der Waals surface area contributed by atoms with Crippen LogP contribution in [-0.2, 0) is 6.54 Å². The van der Waals surface area contributed by atoms with Gasteiger partial charge in [0.2, 0.25) is 0 Å². The van der Waals surface area contributed by atoms with Crippen LogP contribution < -0.4 is 14.8 Å². The molecule has 1 saturated carbocycles. The lowest BCUT2D eigenvalue weighted by atomic mass is 10.1. The van der Waals surface area contributed by atoms with Crippen molar-refractivity contribution in [2.45, 2.75) is 43.5 Å². The van der Waals surface area contributed by atoms with Gasteiger partial charge in [0.15, 0.2) is 11.5 Å². The largest absolute Gasteiger partial charge is 0.490 e. The molecule has 1 fully saturated rings. The minimum Gasteiger partial charge on any atom is -0.490 e. The van der Waals surface area contributed by atoms with Crippen LogP contribution in [0.5, 0.6) is 11.5 Å². The van der Waals surface area contributed by atoms with Gasteiger partial charge in [-0.1, -0.05) is 6.42 Å². The summed E-state index contributed by atoms with van der Waals surface area (Å²) in [6, 6.07) is 4.89. The van der Waals surface area contributed by atoms with Crippen LogP contribution in [0, 0.1) is 0 Å². The lowest BCUT2D eigenvalue weighted by molar-refractivity contribution is 0.296. The van der Waals surface area contributed by atoms with E-state index in [1.165, 1.54) is 24.8 Å². The average Bonchev–Trinajstić information content (AvgIpc) is 2.81. The topological polar surface area (TPSA) is 30.5 Å². The smallest absolute Gasteiger partial charge is 0.175 e. The number of thioether (sulfide) groups is 1. The Kier molecular flexibility index (Phi) is 5.35. The molecule has 1 aliphatic carbocycles. The van der Waals surface area contributed by atoms with Gasteiger partial charge in [0, 0.05) is 24.3 Å². The highest BCUT2D eigenvalue weighted by Gasteiger charge is 2.26. The minimum atomic E-state index is 0.634. The Balaban J connectivity index is 1.68. The summed E-state index contributed by atoms with van der Waals surface area (Å²) in [7, 11) is 0. The summed E-state index contributed by atoms with van der Waals surface area (Å²) in [5.74, 6) is 1.71. The van der Waals surface area contributed by atoms with Crippen molar-refractivity contribution in [3.05, 3.63) is 22.2 Å². The molecule has 0 aromatic heterocycles. The van der Waals surface area contributed by atoms with Crippen molar-refractivity contribution in [3.8, 4) is 11.5 Å². The summed E-state index contributed by atoms with van der Waals surface area (Å²) in [6.45, 7) is 2.34. The van der Waals surface area contributed by atoms with E-state index in [-0.39, 0.29) is 0 Å². The second kappa shape index (κ2) is 7.25. The Labute approximate surface area is 139 Å². The maximum atomic E-state index is 5.80. The highest BCUT2D eigenvalue weighted by molar-refractivity contribution is 9.10. The fourth-order valence-electron chi connectivity index (χ4n) is 3.08. The molecule has 1 aliphatic heterocycles. The molecule has 1 heterocycles. The van der Waals surface area contributed by atoms with Gasteiger partial charge < -0.3 is 14.8 Å². The lowest BCUT2D eigenvalue weighted by Gasteiger charge is -2.20. The molecule has 116 valence electrons. The van der Waals surface area contributed by atoms with Gasteiger partial charge in [0.1, 0.15) is 0 Å². The van der Waals surface area contributed by atoms with Gasteiger partial charge in [0.05, 0.1) is 17.7 Å². The number of hydrogen-bond donors (Lipinski definition) is 1. The quantitative estimate of drug-likeness (QED) is 0.866. The summed E-state index contributed by atoms with van der Waals surface area (Å²) in [6.07, 6.45) is 7.12. The van der Waals surface area contributed by atoms with Crippen molar-refractivity contribution >= 4 is 27.7 Å². The van der Waals surface area contributed by atoms with E-state index in [0.717, 1.165) is 47.4 Å². The Hall–Kier alpha value is -0.390. The predicted octanol–water partition coefficient (Wildman–Crippen LogP) is 3.98. The molecule has 5 heteroatoms. The first kappa shape index (κ1) is 15.5. The van der Waals surface area contributed by atoms with Crippen LogP contribution in [0.1, 0.15) is 31.2 Å². The molecule has 0 bridgehead atoms. The monoisotopic (exact) mass is 371 g/mol. The molecule has 2 aliphatic rings. The van der Waals surface area contributed by atoms with Gasteiger partial charge in [-0.3, -0.25) is 0 Å². The number of nitrogens with one attached hydrogen (secondary N) is 1. The van der Waals surface area contributed by atoms with Gasteiger partial charge >= 0.3 is 0 Å². The molecule has 3 nitrogen and oxygen atoms in total. The van der Waals surface area contributed by atoms with Crippen molar-refractivity contribution in [2.24, 2.45) is 0 Å². The molecule has 1 aromatic carbocycles. The third-order valence-corrected chi connectivity index (χ3v) is 5.94. The van der Waals surface area contributed by atoms with Gasteiger partial charge in [-0.2, -0.15) is 11.8 Å². The standard InChI is InChI=1S/C16H22BrNO2S/c1-21-15-5-2-4-13(15)18-10-11-8-12(17)16-14(9-11)19-6-3-7-20-16/h8-9,13,15,18H,2-7,10H2,1H3. The fraction of sp³-hybridized carbons (Fsp3) is 0.625. The number of fused-ring (bicyclic) bond motifs is 1. The zero-order chi connectivity index (χ0) is 14.7. The average molecular weight is 372 g/mol. The first-order valence-electron chi connectivity index (χ1n) is 7.62. The van der Waals surface area contributed by atoms with E-state index < -0.39 is 0 Å². The van der Waals surface area contributed by atoms with E-state index in [1.807, 2.05) is 11.8 Å². The molecule has 1 aromatic rings. The van der Waals surface area contributed by atoms with E-state index in [4.69, 9.17) is 9.47 Å². The molecule has 0 saturated heterocycles. The number of benzene rings is 1. The maximum absolute atomic E-state index is 5.80. The summed E-state index contributed by atoms with van der Waals surface area (Å²) < 4.78 is 12.5. The zero-order valence-electron chi connectivity index (χ0n) is 12.4. The van der Waals surface area contributed by atoms with Crippen molar-refractivity contribution in [1.82, 2.24) is 5.32 Å². The van der Waals surface area contributed by atoms with Crippen molar-refractivity contribution in [2.75, 3.05) is 19.5 Å². The highest BCUT2D eigenvalue weighted by Crippen LogP contribution is 2.38. The molecule has 2 atom stereocenters. The van der Waals surface area contributed by atoms with Crippen molar-refractivity contribution in [1.29, 1.82) is 0 Å². The molecular weight excluding hydrogens is 350 g/mol. The molecule has 0 radical (unpaired) electrons. The van der Waals surface area contributed by atoms with Crippen LogP contribution in [0.2, 0.25) is 0 Å². The lowest BCUT2D eigenvalue weighted by Crippen LogP contribution is -2.33. The maximum Gasteiger partial charge on any atom is 0.175 e. The molecule has 0 amide bonds. The predicted molar refractivity (Wildman–Crippen MR) is 91.5 cm³/mol. The van der Waals surface area contributed by atoms with Gasteiger partial charge in [-0.15, -0.1) is 0 Å². The van der Waals surface area contributed by atoms with Gasteiger partial charge in [-0.25, -0.2) is 0 Å². The van der Waals surface area contributed by atoms with Crippen molar-refractivity contribution < 1.29 is 9.47 Å². The van der Waals surface area contributed by atoms with E-state index >= 15 is 0 Å². The normalized spacial score (nSPS) is 24.9. The molecular formula is C16H22BrNO2S. The summed E-state index contributed by atoms with van der Waals surface area (Å²) in [5, 5.41) is 4.47. The van der Waals surface area contributed by atoms with E-state index in [1.54, 1.807) is 0 Å². The van der Waals surface area contributed by atoms with Crippen LogP contribution in [0.15, 0.2) is 16.6 Å².